The fourth-order valence-corrected chi connectivity index (χ4v) is 4.83. The highest BCUT2D eigenvalue weighted by Gasteiger charge is 2.47. The number of hydrogen-bond acceptors (Lipinski definition) is 5. The number of anilines is 1. The van der Waals surface area contributed by atoms with Crippen molar-refractivity contribution in [1.82, 2.24) is 4.90 Å². The van der Waals surface area contributed by atoms with Gasteiger partial charge < -0.3 is 11.5 Å². The van der Waals surface area contributed by atoms with Crippen LogP contribution in [0, 0.1) is 0 Å². The number of rotatable bonds is 6. The number of hydrogen-bond donors (Lipinski definition) is 2. The van der Waals surface area contributed by atoms with Crippen LogP contribution < -0.4 is 11.5 Å². The average Bonchev–Trinajstić information content (AvgIpc) is 2.72. The molecule has 162 valence electrons. The van der Waals surface area contributed by atoms with Crippen LogP contribution in [0.25, 0.3) is 4.91 Å². The van der Waals surface area contributed by atoms with Gasteiger partial charge in [0.25, 0.3) is 6.43 Å². The van der Waals surface area contributed by atoms with Crippen LogP contribution in [0.2, 0.25) is 0 Å². The van der Waals surface area contributed by atoms with E-state index in [1.807, 2.05) is 31.2 Å². The van der Waals surface area contributed by atoms with Gasteiger partial charge >= 0.3 is 0 Å². The zero-order chi connectivity index (χ0) is 22.8. The highest BCUT2D eigenvalue weighted by atomic mass is 32.2. The van der Waals surface area contributed by atoms with Crippen molar-refractivity contribution < 1.29 is 13.6 Å². The van der Waals surface area contributed by atoms with E-state index in [4.69, 9.17) is 11.5 Å². The summed E-state index contributed by atoms with van der Waals surface area (Å²) >= 11 is 1.35. The van der Waals surface area contributed by atoms with Gasteiger partial charge in [-0.2, -0.15) is 0 Å². The Labute approximate surface area is 184 Å². The van der Waals surface area contributed by atoms with E-state index in [1.165, 1.54) is 28.8 Å². The van der Waals surface area contributed by atoms with E-state index in [0.717, 1.165) is 10.5 Å². The summed E-state index contributed by atoms with van der Waals surface area (Å²) in [4.78, 5) is 18.9. The molecule has 0 saturated heterocycles. The molecule has 0 bridgehead atoms. The van der Waals surface area contributed by atoms with Gasteiger partial charge in [-0.25, -0.2) is 13.8 Å². The molecule has 0 saturated carbocycles. The number of nitrogen functional groups attached to an aromatic ring is 1. The molecule has 1 aliphatic rings. The second-order valence-corrected chi connectivity index (χ2v) is 8.79. The zero-order valence-electron chi connectivity index (χ0n) is 17.3. The molecule has 0 aromatic heterocycles. The van der Waals surface area contributed by atoms with Crippen LogP contribution in [0.1, 0.15) is 36.0 Å². The number of aliphatic imine (C=N–C) groups is 1. The number of nitrogens with zero attached hydrogens (tertiary/aromatic N) is 2. The maximum Gasteiger partial charge on any atom is 0.263 e. The molecule has 5 nitrogen and oxygen atoms in total. The van der Waals surface area contributed by atoms with Gasteiger partial charge in [0.05, 0.1) is 5.92 Å². The molecule has 2 unspecified atom stereocenters. The Morgan fingerprint density at radius 1 is 1.26 bits per heavy atom. The summed E-state index contributed by atoms with van der Waals surface area (Å²) in [6, 6.07) is 13.1. The van der Waals surface area contributed by atoms with E-state index in [2.05, 4.69) is 11.6 Å². The van der Waals surface area contributed by atoms with E-state index >= 15 is 0 Å². The summed E-state index contributed by atoms with van der Waals surface area (Å²) in [5.74, 6) is -0.917. The van der Waals surface area contributed by atoms with Crippen molar-refractivity contribution in [1.29, 1.82) is 0 Å². The molecule has 0 radical (unpaired) electrons. The number of thioether (sulfide) groups is 1. The maximum absolute atomic E-state index is 13.2. The lowest BCUT2D eigenvalue weighted by Gasteiger charge is -2.40. The fraction of sp³-hybridized carbons (Fsp3) is 0.217. The van der Waals surface area contributed by atoms with Crippen molar-refractivity contribution in [2.45, 2.75) is 24.1 Å². The largest absolute Gasteiger partial charge is 0.399 e. The molecule has 31 heavy (non-hydrogen) atoms. The van der Waals surface area contributed by atoms with Crippen LogP contribution in [-0.2, 0) is 4.79 Å². The number of carbonyl (C=O) groups excluding carboxylic acids is 1. The lowest BCUT2D eigenvalue weighted by Crippen LogP contribution is -2.52. The second kappa shape index (κ2) is 8.93. The molecule has 3 rings (SSSR count). The predicted octanol–water partition coefficient (Wildman–Crippen LogP) is 4.75. The Hall–Kier alpha value is -3.13. The number of carbonyl (C=O) groups is 1. The fourth-order valence-electron chi connectivity index (χ4n) is 3.48. The smallest absolute Gasteiger partial charge is 0.263 e. The highest BCUT2D eigenvalue weighted by Crippen LogP contribution is 2.49. The molecule has 1 amide bonds. The van der Waals surface area contributed by atoms with E-state index in [0.29, 0.717) is 11.3 Å². The van der Waals surface area contributed by atoms with Crippen LogP contribution >= 0.6 is 11.8 Å². The Bertz CT molecular complexity index is 1050. The predicted molar refractivity (Wildman–Crippen MR) is 124 cm³/mol. The quantitative estimate of drug-likeness (QED) is 0.499. The first-order valence-corrected chi connectivity index (χ1v) is 10.4. The molecule has 0 fully saturated rings. The number of nitrogens with two attached hydrogens (primary N) is 2. The monoisotopic (exact) mass is 442 g/mol. The van der Waals surface area contributed by atoms with Crippen molar-refractivity contribution in [3.63, 3.8) is 0 Å². The second-order valence-electron chi connectivity index (χ2n) is 7.32. The van der Waals surface area contributed by atoms with Gasteiger partial charge in [0, 0.05) is 23.2 Å². The van der Waals surface area contributed by atoms with Gasteiger partial charge in [-0.15, -0.1) is 0 Å². The first kappa shape index (κ1) is 22.6. The normalized spacial score (nSPS) is 21.9. The molecule has 2 atom stereocenters. The minimum atomic E-state index is -2.58. The van der Waals surface area contributed by atoms with Crippen LogP contribution in [0.3, 0.4) is 0 Å². The van der Waals surface area contributed by atoms with Crippen molar-refractivity contribution in [3.8, 4) is 0 Å². The summed E-state index contributed by atoms with van der Waals surface area (Å²) < 4.78 is 26.0. The number of alkyl halides is 2. The topological polar surface area (TPSA) is 84.7 Å². The SMILES string of the molecule is C=C/C=C(\SC1(C)N=C(N)N(C)C(=O)C1c1ccc(C(F)F)cc1)c1cccc(N)c1. The third kappa shape index (κ3) is 4.64. The summed E-state index contributed by atoms with van der Waals surface area (Å²) in [6.07, 6.45) is 0.875. The summed E-state index contributed by atoms with van der Waals surface area (Å²) in [6.45, 7) is 5.59. The van der Waals surface area contributed by atoms with Crippen LogP contribution in [-0.4, -0.2) is 28.7 Å². The Kier molecular flexibility index (Phi) is 6.50. The van der Waals surface area contributed by atoms with Crippen molar-refractivity contribution >= 4 is 34.2 Å². The maximum atomic E-state index is 13.2. The first-order chi connectivity index (χ1) is 14.7. The lowest BCUT2D eigenvalue weighted by atomic mass is 9.89. The van der Waals surface area contributed by atoms with Crippen LogP contribution in [0.15, 0.2) is 72.3 Å². The minimum Gasteiger partial charge on any atom is -0.399 e. The van der Waals surface area contributed by atoms with Crippen molar-refractivity contribution in [2.75, 3.05) is 12.8 Å². The van der Waals surface area contributed by atoms with Crippen molar-refractivity contribution in [3.05, 3.63) is 84.0 Å². The summed E-state index contributed by atoms with van der Waals surface area (Å²) in [5, 5.41) is 0. The molecular weight excluding hydrogens is 418 g/mol. The van der Waals surface area contributed by atoms with Gasteiger partial charge in [-0.1, -0.05) is 60.8 Å². The molecule has 8 heteroatoms. The molecule has 4 N–H and O–H groups in total. The van der Waals surface area contributed by atoms with E-state index in [9.17, 15) is 13.6 Å². The summed E-state index contributed by atoms with van der Waals surface area (Å²) in [7, 11) is 1.55. The molecule has 1 aliphatic heterocycles. The van der Waals surface area contributed by atoms with Crippen LogP contribution in [0.4, 0.5) is 14.5 Å². The van der Waals surface area contributed by atoms with Gasteiger partial charge in [-0.3, -0.25) is 9.69 Å². The third-order valence-corrected chi connectivity index (χ3v) is 6.40. The number of benzene rings is 2. The Morgan fingerprint density at radius 3 is 2.52 bits per heavy atom. The number of guanidine groups is 1. The molecule has 2 aromatic carbocycles. The number of likely N-dealkylation sites (N-methyl/N-ethyl adjacent to an activating group) is 1. The van der Waals surface area contributed by atoms with Gasteiger partial charge in [-0.05, 0) is 36.3 Å². The average molecular weight is 443 g/mol. The Morgan fingerprint density at radius 2 is 1.94 bits per heavy atom. The number of halogens is 2. The van der Waals surface area contributed by atoms with E-state index < -0.39 is 17.2 Å². The van der Waals surface area contributed by atoms with E-state index in [-0.39, 0.29) is 17.4 Å². The van der Waals surface area contributed by atoms with E-state index in [1.54, 1.807) is 31.3 Å². The Balaban J connectivity index is 2.09. The van der Waals surface area contributed by atoms with Crippen LogP contribution in [0.5, 0.6) is 0 Å². The lowest BCUT2D eigenvalue weighted by molar-refractivity contribution is -0.129. The minimum absolute atomic E-state index is 0.0889. The van der Waals surface area contributed by atoms with Gasteiger partial charge in [0.15, 0.2) is 5.96 Å². The standard InChI is InChI=1S/C23H24F2N4OS/c1-4-6-18(16-7-5-8-17(26)13-16)31-23(2)19(21(30)29(3)22(27)28-23)14-9-11-15(12-10-14)20(24)25/h4-13,19-20H,1,26H2,2-3H3,(H2,27,28)/b18-6-. The highest BCUT2D eigenvalue weighted by molar-refractivity contribution is 8.09. The molecular formula is C23H24F2N4OS. The zero-order valence-corrected chi connectivity index (χ0v) is 18.1. The third-order valence-electron chi connectivity index (χ3n) is 5.07. The van der Waals surface area contributed by atoms with Gasteiger partial charge in [0.2, 0.25) is 5.91 Å². The summed E-state index contributed by atoms with van der Waals surface area (Å²) in [5.41, 5.74) is 13.9. The first-order valence-electron chi connectivity index (χ1n) is 9.55. The molecule has 1 heterocycles. The van der Waals surface area contributed by atoms with Crippen molar-refractivity contribution in [2.24, 2.45) is 10.7 Å². The molecule has 0 spiro atoms. The molecule has 0 aliphatic carbocycles. The number of allylic oxidation sites excluding steroid dienone is 2. The number of amides is 1. The van der Waals surface area contributed by atoms with Gasteiger partial charge in [0.1, 0.15) is 4.87 Å². The molecule has 2 aromatic rings.